The van der Waals surface area contributed by atoms with E-state index in [4.69, 9.17) is 21.1 Å². The topological polar surface area (TPSA) is 135 Å². The van der Waals surface area contributed by atoms with Crippen molar-refractivity contribution in [3.63, 3.8) is 0 Å². The van der Waals surface area contributed by atoms with Gasteiger partial charge in [0.2, 0.25) is 11.8 Å². The van der Waals surface area contributed by atoms with Crippen LogP contribution in [0.2, 0.25) is 5.02 Å². The second-order valence-electron chi connectivity index (χ2n) is 7.73. The molecule has 1 aliphatic heterocycles. The second kappa shape index (κ2) is 11.7. The first-order valence-electron chi connectivity index (χ1n) is 10.6. The lowest BCUT2D eigenvalue weighted by Crippen LogP contribution is -2.44. The third-order valence-corrected chi connectivity index (χ3v) is 6.75. The number of nitrogens with zero attached hydrogens (tertiary/aromatic N) is 1. The predicted octanol–water partition coefficient (Wildman–Crippen LogP) is 3.54. The van der Waals surface area contributed by atoms with E-state index in [9.17, 15) is 24.4 Å². The number of ether oxygens (including phenoxy) is 2. The van der Waals surface area contributed by atoms with Crippen LogP contribution in [-0.4, -0.2) is 43.7 Å². The number of rotatable bonds is 7. The van der Waals surface area contributed by atoms with Gasteiger partial charge in [0, 0.05) is 16.6 Å². The van der Waals surface area contributed by atoms with Crippen molar-refractivity contribution in [2.75, 3.05) is 25.3 Å². The first-order valence-corrected chi connectivity index (χ1v) is 12.0. The van der Waals surface area contributed by atoms with Gasteiger partial charge in [-0.25, -0.2) is 4.79 Å². The third kappa shape index (κ3) is 5.87. The van der Waals surface area contributed by atoms with Crippen molar-refractivity contribution in [2.45, 2.75) is 12.8 Å². The van der Waals surface area contributed by atoms with Gasteiger partial charge in [0.05, 0.1) is 42.2 Å². The fourth-order valence-corrected chi connectivity index (χ4v) is 4.70. The maximum absolute atomic E-state index is 12.9. The van der Waals surface area contributed by atoms with Gasteiger partial charge in [-0.05, 0) is 42.3 Å². The first kappa shape index (κ1) is 26.8. The highest BCUT2D eigenvalue weighted by molar-refractivity contribution is 8.03. The number of hydrogen-bond acceptors (Lipinski definition) is 8. The molecule has 2 amide bonds. The molecule has 0 aromatic heterocycles. The Balaban J connectivity index is 1.91. The molecular weight excluding hydrogens is 506 g/mol. The van der Waals surface area contributed by atoms with E-state index < -0.39 is 29.7 Å². The summed E-state index contributed by atoms with van der Waals surface area (Å²) in [6.07, 6.45) is 0. The Hall–Kier alpha value is -3.81. The summed E-state index contributed by atoms with van der Waals surface area (Å²) in [5, 5.41) is 15.9. The Morgan fingerprint density at radius 1 is 1.14 bits per heavy atom. The van der Waals surface area contributed by atoms with Gasteiger partial charge in [-0.3, -0.25) is 14.4 Å². The number of esters is 2. The van der Waals surface area contributed by atoms with E-state index in [2.05, 4.69) is 16.7 Å². The minimum atomic E-state index is -1.33. The fraction of sp³-hybridized carbons (Fsp3) is 0.240. The number of amides is 2. The maximum atomic E-state index is 12.9. The van der Waals surface area contributed by atoms with Gasteiger partial charge in [0.25, 0.3) is 0 Å². The minimum absolute atomic E-state index is 0.0903. The maximum Gasteiger partial charge on any atom is 0.337 e. The van der Waals surface area contributed by atoms with Crippen molar-refractivity contribution < 1.29 is 28.7 Å². The van der Waals surface area contributed by atoms with Crippen LogP contribution in [-0.2, 0) is 23.9 Å². The molecule has 3 rings (SSSR count). The molecule has 0 saturated carbocycles. The van der Waals surface area contributed by atoms with Crippen LogP contribution in [0.5, 0.6) is 0 Å². The zero-order chi connectivity index (χ0) is 26.4. The van der Waals surface area contributed by atoms with Gasteiger partial charge < -0.3 is 20.1 Å². The average molecular weight is 528 g/mol. The number of methoxy groups -OCH3 is 2. The summed E-state index contributed by atoms with van der Waals surface area (Å²) in [6, 6.07) is 13.2. The number of carbonyl (C=O) groups is 4. The molecule has 9 nitrogen and oxygen atoms in total. The summed E-state index contributed by atoms with van der Waals surface area (Å²) in [7, 11) is 2.40. The highest BCUT2D eigenvalue weighted by Crippen LogP contribution is 2.40. The molecule has 2 aromatic rings. The Bertz CT molecular complexity index is 1290. The van der Waals surface area contributed by atoms with E-state index in [0.717, 1.165) is 24.4 Å². The van der Waals surface area contributed by atoms with Crippen LogP contribution in [0.15, 0.2) is 53.1 Å². The molecule has 1 aliphatic rings. The first-order chi connectivity index (χ1) is 17.2. The van der Waals surface area contributed by atoms with Crippen LogP contribution >= 0.6 is 23.4 Å². The predicted molar refractivity (Wildman–Crippen MR) is 134 cm³/mol. The van der Waals surface area contributed by atoms with Crippen LogP contribution < -0.4 is 10.6 Å². The summed E-state index contributed by atoms with van der Waals surface area (Å²) in [5.74, 6) is -4.86. The van der Waals surface area contributed by atoms with Gasteiger partial charge in [-0.15, -0.1) is 0 Å². The normalized spacial score (nSPS) is 17.0. The number of thioether (sulfide) groups is 1. The van der Waals surface area contributed by atoms with Crippen molar-refractivity contribution >= 4 is 52.8 Å². The molecule has 186 valence electrons. The Morgan fingerprint density at radius 3 is 2.44 bits per heavy atom. The van der Waals surface area contributed by atoms with Crippen molar-refractivity contribution in [1.82, 2.24) is 5.32 Å². The largest absolute Gasteiger partial charge is 0.468 e. The molecule has 36 heavy (non-hydrogen) atoms. The molecule has 0 aliphatic carbocycles. The van der Waals surface area contributed by atoms with Crippen LogP contribution in [0.4, 0.5) is 5.69 Å². The summed E-state index contributed by atoms with van der Waals surface area (Å²) in [6.45, 7) is 1.82. The molecule has 11 heteroatoms. The molecular formula is C25H22ClN3O6S. The smallest absolute Gasteiger partial charge is 0.337 e. The molecule has 2 aromatic carbocycles. The average Bonchev–Trinajstić information content (AvgIpc) is 2.88. The standard InChI is InChI=1S/C25H22ClN3O6S/c1-13-4-9-16(26)10-18(13)28-19(30)12-36-23-17(11-27)20(21(22(31)29-23)25(33)35-3)14-5-7-15(8-6-14)24(32)34-2/h4-10,20-21H,12H2,1-3H3,(H,28,30)(H,29,31)/t20-,21+/m1/s1. The molecule has 0 spiro atoms. The SMILES string of the molecule is COC(=O)c1ccc([C@@H]2C(C#N)=C(SCC(=O)Nc3cc(Cl)ccc3C)NC(=O)[C@H]2C(=O)OC)cc1. The van der Waals surface area contributed by atoms with E-state index in [1.165, 1.54) is 19.2 Å². The van der Waals surface area contributed by atoms with E-state index in [0.29, 0.717) is 16.3 Å². The molecule has 0 saturated heterocycles. The van der Waals surface area contributed by atoms with Crippen molar-refractivity contribution in [2.24, 2.45) is 5.92 Å². The van der Waals surface area contributed by atoms with Crippen LogP contribution in [0.25, 0.3) is 0 Å². The molecule has 1 heterocycles. The van der Waals surface area contributed by atoms with Crippen molar-refractivity contribution in [3.8, 4) is 6.07 Å². The highest BCUT2D eigenvalue weighted by atomic mass is 35.5. The van der Waals surface area contributed by atoms with Crippen molar-refractivity contribution in [3.05, 3.63) is 74.8 Å². The lowest BCUT2D eigenvalue weighted by atomic mass is 9.78. The number of hydrogen-bond donors (Lipinski definition) is 2. The number of benzene rings is 2. The number of nitriles is 1. The van der Waals surface area contributed by atoms with Crippen LogP contribution in [0.1, 0.15) is 27.4 Å². The summed E-state index contributed by atoms with van der Waals surface area (Å²) < 4.78 is 9.52. The fourth-order valence-electron chi connectivity index (χ4n) is 3.68. The van der Waals surface area contributed by atoms with Crippen LogP contribution in [0, 0.1) is 24.2 Å². The van der Waals surface area contributed by atoms with Gasteiger partial charge >= 0.3 is 11.9 Å². The van der Waals surface area contributed by atoms with Crippen LogP contribution in [0.3, 0.4) is 0 Å². The van der Waals surface area contributed by atoms with Gasteiger partial charge in [0.1, 0.15) is 5.92 Å². The number of halogens is 1. The number of carbonyl (C=O) groups excluding carboxylic acids is 4. The zero-order valence-corrected chi connectivity index (χ0v) is 21.2. The molecule has 2 N–H and O–H groups in total. The van der Waals surface area contributed by atoms with E-state index in [-0.39, 0.29) is 27.8 Å². The van der Waals surface area contributed by atoms with Gasteiger partial charge in [0.15, 0.2) is 0 Å². The van der Waals surface area contributed by atoms with E-state index in [1.54, 1.807) is 30.3 Å². The quantitative estimate of drug-likeness (QED) is 0.412. The van der Waals surface area contributed by atoms with Gasteiger partial charge in [-0.1, -0.05) is 41.6 Å². The number of aryl methyl sites for hydroxylation is 1. The number of nitrogens with one attached hydrogen (secondary N) is 2. The summed E-state index contributed by atoms with van der Waals surface area (Å²) in [5.41, 5.74) is 2.16. The summed E-state index contributed by atoms with van der Waals surface area (Å²) in [4.78, 5) is 49.8. The minimum Gasteiger partial charge on any atom is -0.468 e. The molecule has 0 fully saturated rings. The Labute approximate surface area is 216 Å². The second-order valence-corrected chi connectivity index (χ2v) is 9.15. The lowest BCUT2D eigenvalue weighted by Gasteiger charge is -2.31. The Kier molecular flexibility index (Phi) is 8.74. The highest BCUT2D eigenvalue weighted by Gasteiger charge is 2.44. The molecule has 0 bridgehead atoms. The van der Waals surface area contributed by atoms with E-state index in [1.807, 2.05) is 6.92 Å². The summed E-state index contributed by atoms with van der Waals surface area (Å²) >= 11 is 6.96. The molecule has 0 unspecified atom stereocenters. The zero-order valence-electron chi connectivity index (χ0n) is 19.6. The monoisotopic (exact) mass is 527 g/mol. The van der Waals surface area contributed by atoms with E-state index >= 15 is 0 Å². The number of allylic oxidation sites excluding steroid dienone is 1. The number of anilines is 1. The third-order valence-electron chi connectivity index (χ3n) is 5.50. The molecule has 0 radical (unpaired) electrons. The lowest BCUT2D eigenvalue weighted by molar-refractivity contribution is -0.150. The van der Waals surface area contributed by atoms with Crippen molar-refractivity contribution in [1.29, 1.82) is 5.26 Å². The van der Waals surface area contributed by atoms with Gasteiger partial charge in [-0.2, -0.15) is 5.26 Å². The molecule has 2 atom stereocenters. The Morgan fingerprint density at radius 2 is 1.83 bits per heavy atom.